The SMILES string of the molecule is Cc1ccc(NC(=O)c2ccco2)cc1NC(=O)C(C)(C)Oc1ccc(Cl)cc1. The number of amides is 2. The second kappa shape index (κ2) is 8.41. The molecule has 1 aromatic heterocycles. The summed E-state index contributed by atoms with van der Waals surface area (Å²) < 4.78 is 10.9. The van der Waals surface area contributed by atoms with E-state index in [2.05, 4.69) is 10.6 Å². The maximum Gasteiger partial charge on any atom is 0.291 e. The van der Waals surface area contributed by atoms with Gasteiger partial charge >= 0.3 is 0 Å². The summed E-state index contributed by atoms with van der Waals surface area (Å²) in [5, 5.41) is 6.19. The summed E-state index contributed by atoms with van der Waals surface area (Å²) in [6, 6.07) is 15.2. The highest BCUT2D eigenvalue weighted by molar-refractivity contribution is 6.30. The maximum absolute atomic E-state index is 12.8. The largest absolute Gasteiger partial charge is 0.478 e. The van der Waals surface area contributed by atoms with Gasteiger partial charge in [-0.3, -0.25) is 9.59 Å². The molecule has 0 bridgehead atoms. The van der Waals surface area contributed by atoms with Gasteiger partial charge in [-0.25, -0.2) is 0 Å². The fraction of sp³-hybridized carbons (Fsp3) is 0.182. The van der Waals surface area contributed by atoms with Crippen LogP contribution < -0.4 is 15.4 Å². The van der Waals surface area contributed by atoms with Gasteiger partial charge in [0.1, 0.15) is 5.75 Å². The van der Waals surface area contributed by atoms with Crippen LogP contribution in [0.1, 0.15) is 30.0 Å². The highest BCUT2D eigenvalue weighted by Crippen LogP contribution is 2.25. The number of carbonyl (C=O) groups excluding carboxylic acids is 2. The summed E-state index contributed by atoms with van der Waals surface area (Å²) in [6.45, 7) is 5.21. The van der Waals surface area contributed by atoms with Gasteiger partial charge < -0.3 is 19.8 Å². The standard InChI is InChI=1S/C22H21ClN2O4/c1-14-6-9-16(24-20(26)19-5-4-12-28-19)13-18(14)25-21(27)22(2,3)29-17-10-7-15(23)8-11-17/h4-13H,1-3H3,(H,24,26)(H,25,27). The Morgan fingerprint density at radius 1 is 1.03 bits per heavy atom. The van der Waals surface area contributed by atoms with E-state index in [4.69, 9.17) is 20.8 Å². The molecule has 0 atom stereocenters. The van der Waals surface area contributed by atoms with Gasteiger partial charge in [0, 0.05) is 16.4 Å². The molecule has 2 aromatic carbocycles. The van der Waals surface area contributed by atoms with E-state index >= 15 is 0 Å². The molecule has 0 aliphatic carbocycles. The Morgan fingerprint density at radius 3 is 2.41 bits per heavy atom. The number of nitrogens with one attached hydrogen (secondary N) is 2. The van der Waals surface area contributed by atoms with Crippen LogP contribution in [0.4, 0.5) is 11.4 Å². The van der Waals surface area contributed by atoms with E-state index < -0.39 is 5.60 Å². The van der Waals surface area contributed by atoms with Crippen LogP contribution in [0.5, 0.6) is 5.75 Å². The first kappa shape index (κ1) is 20.5. The van der Waals surface area contributed by atoms with Crippen molar-refractivity contribution in [1.29, 1.82) is 0 Å². The monoisotopic (exact) mass is 412 g/mol. The summed E-state index contributed by atoms with van der Waals surface area (Å²) in [5.74, 6) is 0.0342. The molecule has 0 aliphatic rings. The minimum Gasteiger partial charge on any atom is -0.478 e. The molecule has 6 nitrogen and oxygen atoms in total. The van der Waals surface area contributed by atoms with E-state index in [0.717, 1.165) is 5.56 Å². The number of hydrogen-bond acceptors (Lipinski definition) is 4. The van der Waals surface area contributed by atoms with Crippen molar-refractivity contribution in [2.24, 2.45) is 0 Å². The second-order valence-corrected chi connectivity index (χ2v) is 7.42. The molecular weight excluding hydrogens is 392 g/mol. The molecule has 3 aromatic rings. The molecule has 0 radical (unpaired) electrons. The molecule has 1 heterocycles. The summed E-state index contributed by atoms with van der Waals surface area (Å²) in [4.78, 5) is 25.0. The van der Waals surface area contributed by atoms with Crippen LogP contribution in [0.2, 0.25) is 5.02 Å². The predicted molar refractivity (Wildman–Crippen MR) is 113 cm³/mol. The van der Waals surface area contributed by atoms with E-state index in [9.17, 15) is 9.59 Å². The Kier molecular flexibility index (Phi) is 5.94. The lowest BCUT2D eigenvalue weighted by atomic mass is 10.1. The Balaban J connectivity index is 1.71. The highest BCUT2D eigenvalue weighted by atomic mass is 35.5. The average Bonchev–Trinajstić information content (AvgIpc) is 3.21. The first-order valence-corrected chi connectivity index (χ1v) is 9.34. The molecule has 0 fully saturated rings. The topological polar surface area (TPSA) is 80.6 Å². The molecule has 150 valence electrons. The van der Waals surface area contributed by atoms with Gasteiger partial charge in [0.15, 0.2) is 11.4 Å². The smallest absolute Gasteiger partial charge is 0.291 e. The zero-order valence-electron chi connectivity index (χ0n) is 16.3. The van der Waals surface area contributed by atoms with Crippen molar-refractivity contribution < 1.29 is 18.7 Å². The fourth-order valence-electron chi connectivity index (χ4n) is 2.55. The van der Waals surface area contributed by atoms with Gasteiger partial charge in [0.05, 0.1) is 6.26 Å². The highest BCUT2D eigenvalue weighted by Gasteiger charge is 2.30. The van der Waals surface area contributed by atoms with Crippen LogP contribution >= 0.6 is 11.6 Å². The molecule has 3 rings (SSSR count). The zero-order chi connectivity index (χ0) is 21.0. The minimum absolute atomic E-state index is 0.202. The number of halogens is 1. The summed E-state index contributed by atoms with van der Waals surface area (Å²) >= 11 is 5.88. The van der Waals surface area contributed by atoms with Crippen molar-refractivity contribution in [3.8, 4) is 5.75 Å². The Morgan fingerprint density at radius 2 is 1.76 bits per heavy atom. The van der Waals surface area contributed by atoms with Crippen molar-refractivity contribution in [3.05, 3.63) is 77.2 Å². The molecule has 0 spiro atoms. The molecule has 7 heteroatoms. The Hall–Kier alpha value is -3.25. The van der Waals surface area contributed by atoms with Crippen LogP contribution in [-0.2, 0) is 4.79 Å². The van der Waals surface area contributed by atoms with Gasteiger partial charge in [-0.15, -0.1) is 0 Å². The van der Waals surface area contributed by atoms with Crippen molar-refractivity contribution >= 4 is 34.8 Å². The molecule has 0 aliphatic heterocycles. The number of ether oxygens (including phenoxy) is 1. The number of hydrogen-bond donors (Lipinski definition) is 2. The fourth-order valence-corrected chi connectivity index (χ4v) is 2.68. The Labute approximate surface area is 173 Å². The Bertz CT molecular complexity index is 1010. The molecule has 0 unspecified atom stereocenters. The van der Waals surface area contributed by atoms with Gasteiger partial charge in [0.2, 0.25) is 0 Å². The van der Waals surface area contributed by atoms with Crippen LogP contribution in [0, 0.1) is 6.92 Å². The lowest BCUT2D eigenvalue weighted by Crippen LogP contribution is -2.42. The zero-order valence-corrected chi connectivity index (χ0v) is 17.0. The number of carbonyl (C=O) groups is 2. The molecule has 0 saturated carbocycles. The number of benzene rings is 2. The number of rotatable bonds is 6. The maximum atomic E-state index is 12.8. The van der Waals surface area contributed by atoms with Gasteiger partial charge in [-0.1, -0.05) is 17.7 Å². The third kappa shape index (κ3) is 5.18. The van der Waals surface area contributed by atoms with Crippen LogP contribution in [0.25, 0.3) is 0 Å². The van der Waals surface area contributed by atoms with Crippen LogP contribution in [0.15, 0.2) is 65.3 Å². The molecular formula is C22H21ClN2O4. The summed E-state index contributed by atoms with van der Waals surface area (Å²) in [7, 11) is 0. The van der Waals surface area contributed by atoms with Crippen molar-refractivity contribution in [3.63, 3.8) is 0 Å². The predicted octanol–water partition coefficient (Wildman–Crippen LogP) is 5.29. The van der Waals surface area contributed by atoms with E-state index in [0.29, 0.717) is 22.1 Å². The van der Waals surface area contributed by atoms with E-state index in [1.807, 2.05) is 6.92 Å². The summed E-state index contributed by atoms with van der Waals surface area (Å²) in [5.41, 5.74) is 0.814. The quantitative estimate of drug-likeness (QED) is 0.576. The summed E-state index contributed by atoms with van der Waals surface area (Å²) in [6.07, 6.45) is 1.43. The number of aryl methyl sites for hydroxylation is 1. The van der Waals surface area contributed by atoms with Crippen LogP contribution in [-0.4, -0.2) is 17.4 Å². The molecule has 2 N–H and O–H groups in total. The van der Waals surface area contributed by atoms with Gasteiger partial charge in [0.25, 0.3) is 11.8 Å². The van der Waals surface area contributed by atoms with Gasteiger partial charge in [-0.2, -0.15) is 0 Å². The number of furan rings is 1. The van der Waals surface area contributed by atoms with Crippen LogP contribution in [0.3, 0.4) is 0 Å². The minimum atomic E-state index is -1.13. The molecule has 2 amide bonds. The number of anilines is 2. The lowest BCUT2D eigenvalue weighted by Gasteiger charge is -2.26. The third-order valence-electron chi connectivity index (χ3n) is 4.22. The van der Waals surface area contributed by atoms with Crippen molar-refractivity contribution in [1.82, 2.24) is 0 Å². The van der Waals surface area contributed by atoms with E-state index in [1.54, 1.807) is 68.4 Å². The van der Waals surface area contributed by atoms with E-state index in [1.165, 1.54) is 6.26 Å². The second-order valence-electron chi connectivity index (χ2n) is 6.98. The third-order valence-corrected chi connectivity index (χ3v) is 4.47. The molecule has 29 heavy (non-hydrogen) atoms. The first-order valence-electron chi connectivity index (χ1n) is 8.96. The van der Waals surface area contributed by atoms with E-state index in [-0.39, 0.29) is 17.6 Å². The van der Waals surface area contributed by atoms with Gasteiger partial charge in [-0.05, 0) is 74.9 Å². The average molecular weight is 413 g/mol. The van der Waals surface area contributed by atoms with Crippen molar-refractivity contribution in [2.45, 2.75) is 26.4 Å². The van der Waals surface area contributed by atoms with Crippen molar-refractivity contribution in [2.75, 3.05) is 10.6 Å². The molecule has 0 saturated heterocycles. The lowest BCUT2D eigenvalue weighted by molar-refractivity contribution is -0.128. The normalized spacial score (nSPS) is 11.0. The first-order chi connectivity index (χ1) is 13.7.